The summed E-state index contributed by atoms with van der Waals surface area (Å²) in [5.74, 6) is -3.13. The third-order valence-corrected chi connectivity index (χ3v) is 4.61. The van der Waals surface area contributed by atoms with E-state index in [-0.39, 0.29) is 21.8 Å². The van der Waals surface area contributed by atoms with Crippen molar-refractivity contribution in [3.63, 3.8) is 0 Å². The van der Waals surface area contributed by atoms with Crippen molar-refractivity contribution in [1.82, 2.24) is 5.06 Å². The zero-order valence-electron chi connectivity index (χ0n) is 12.6. The maximum Gasteiger partial charge on any atom is 0.399 e. The van der Waals surface area contributed by atoms with E-state index in [1.165, 1.54) is 19.1 Å². The Kier molecular flexibility index (Phi) is 3.52. The topological polar surface area (TPSA) is 111 Å². The number of amides is 2. The Balaban J connectivity index is 1.87. The van der Waals surface area contributed by atoms with Crippen molar-refractivity contribution in [2.24, 2.45) is 0 Å². The zero-order chi connectivity index (χ0) is 17.6. The quantitative estimate of drug-likeness (QED) is 0.769. The summed E-state index contributed by atoms with van der Waals surface area (Å²) in [6.07, 6.45) is 0.962. The fourth-order valence-electron chi connectivity index (χ4n) is 2.31. The van der Waals surface area contributed by atoms with Gasteiger partial charge in [0.2, 0.25) is 5.76 Å². The monoisotopic (exact) mass is 349 g/mol. The van der Waals surface area contributed by atoms with Gasteiger partial charge >= 0.3 is 5.97 Å². The lowest BCUT2D eigenvalue weighted by atomic mass is 10.1. The average Bonchev–Trinajstić information content (AvgIpc) is 3.02. The first kappa shape index (κ1) is 15.9. The highest BCUT2D eigenvalue weighted by Crippen LogP contribution is 2.25. The molecule has 0 saturated carbocycles. The standard InChI is InChI=1S/C15H11NO7S/c1-8-12(24(2,20)21)7-11(22-8)15(19)23-16-13(17)9-5-3-4-6-10(9)14(16)18/h3-7H,1-2H3. The molecule has 3 rings (SSSR count). The lowest BCUT2D eigenvalue weighted by Crippen LogP contribution is -2.32. The largest absolute Gasteiger partial charge is 0.453 e. The van der Waals surface area contributed by atoms with Crippen LogP contribution in [0, 0.1) is 6.92 Å². The normalized spacial score (nSPS) is 14.0. The van der Waals surface area contributed by atoms with Gasteiger partial charge in [-0.3, -0.25) is 9.59 Å². The van der Waals surface area contributed by atoms with Gasteiger partial charge < -0.3 is 9.25 Å². The number of hydrogen-bond donors (Lipinski definition) is 0. The van der Waals surface area contributed by atoms with E-state index in [0.29, 0.717) is 5.06 Å². The summed E-state index contributed by atoms with van der Waals surface area (Å²) in [5.41, 5.74) is 0.227. The molecule has 1 aliphatic rings. The van der Waals surface area contributed by atoms with Crippen molar-refractivity contribution in [3.05, 3.63) is 53.0 Å². The lowest BCUT2D eigenvalue weighted by Gasteiger charge is -2.11. The predicted octanol–water partition coefficient (Wildman–Crippen LogP) is 1.36. The molecule has 8 nitrogen and oxygen atoms in total. The molecule has 0 bridgehead atoms. The molecule has 0 atom stereocenters. The minimum atomic E-state index is -3.59. The van der Waals surface area contributed by atoms with E-state index in [2.05, 4.69) is 0 Å². The summed E-state index contributed by atoms with van der Waals surface area (Å²) in [7, 11) is -3.59. The Hall–Kier alpha value is -2.94. The Morgan fingerprint density at radius 2 is 1.67 bits per heavy atom. The van der Waals surface area contributed by atoms with Gasteiger partial charge in [-0.2, -0.15) is 0 Å². The Morgan fingerprint density at radius 1 is 1.12 bits per heavy atom. The molecule has 0 fully saturated rings. The first-order valence-electron chi connectivity index (χ1n) is 6.70. The van der Waals surface area contributed by atoms with Crippen LogP contribution in [-0.2, 0) is 14.7 Å². The number of nitrogens with zero attached hydrogens (tertiary/aromatic N) is 1. The molecule has 9 heteroatoms. The van der Waals surface area contributed by atoms with E-state index in [4.69, 9.17) is 9.25 Å². The molecular formula is C15H11NO7S. The molecule has 0 aliphatic carbocycles. The molecule has 24 heavy (non-hydrogen) atoms. The highest BCUT2D eigenvalue weighted by atomic mass is 32.2. The van der Waals surface area contributed by atoms with Gasteiger partial charge in [0.25, 0.3) is 11.8 Å². The molecule has 0 radical (unpaired) electrons. The lowest BCUT2D eigenvalue weighted by molar-refractivity contribution is -0.0603. The maximum absolute atomic E-state index is 12.1. The minimum absolute atomic E-state index is 0.00631. The van der Waals surface area contributed by atoms with Crippen LogP contribution < -0.4 is 0 Å². The van der Waals surface area contributed by atoms with Crippen molar-refractivity contribution >= 4 is 27.6 Å². The van der Waals surface area contributed by atoms with Gasteiger partial charge in [0.15, 0.2) is 9.84 Å². The van der Waals surface area contributed by atoms with E-state index in [9.17, 15) is 22.8 Å². The second-order valence-corrected chi connectivity index (χ2v) is 7.12. The number of benzene rings is 1. The number of carbonyl (C=O) groups excluding carboxylic acids is 3. The Bertz CT molecular complexity index is 952. The van der Waals surface area contributed by atoms with Crippen LogP contribution in [0.1, 0.15) is 37.0 Å². The second-order valence-electron chi connectivity index (χ2n) is 5.13. The van der Waals surface area contributed by atoms with Gasteiger partial charge in [-0.1, -0.05) is 17.2 Å². The molecule has 0 spiro atoms. The summed E-state index contributed by atoms with van der Waals surface area (Å²) in [6, 6.07) is 7.00. The van der Waals surface area contributed by atoms with Gasteiger partial charge in [-0.05, 0) is 19.1 Å². The molecule has 1 aromatic carbocycles. The molecule has 0 unspecified atom stereocenters. The fourth-order valence-corrected chi connectivity index (χ4v) is 3.20. The van der Waals surface area contributed by atoms with Crippen LogP contribution in [0.4, 0.5) is 0 Å². The number of furan rings is 1. The van der Waals surface area contributed by atoms with Crippen molar-refractivity contribution in [2.45, 2.75) is 11.8 Å². The van der Waals surface area contributed by atoms with Crippen LogP contribution in [0.25, 0.3) is 0 Å². The summed E-state index contributed by atoms with van der Waals surface area (Å²) < 4.78 is 28.2. The number of fused-ring (bicyclic) bond motifs is 1. The van der Waals surface area contributed by atoms with Crippen molar-refractivity contribution in [2.75, 3.05) is 6.26 Å². The summed E-state index contributed by atoms with van der Waals surface area (Å²) in [4.78, 5) is 40.9. The molecule has 1 aliphatic heterocycles. The first-order chi connectivity index (χ1) is 11.2. The predicted molar refractivity (Wildman–Crippen MR) is 78.9 cm³/mol. The molecular weight excluding hydrogens is 338 g/mol. The Labute approximate surface area is 136 Å². The highest BCUT2D eigenvalue weighted by molar-refractivity contribution is 7.90. The van der Waals surface area contributed by atoms with Gasteiger partial charge in [0, 0.05) is 12.3 Å². The number of hydrogen-bond acceptors (Lipinski definition) is 7. The second kappa shape index (κ2) is 5.31. The molecule has 1 aromatic heterocycles. The highest BCUT2D eigenvalue weighted by Gasteiger charge is 2.39. The zero-order valence-corrected chi connectivity index (χ0v) is 13.4. The van der Waals surface area contributed by atoms with Crippen LogP contribution in [0.5, 0.6) is 0 Å². The fraction of sp³-hybridized carbons (Fsp3) is 0.133. The summed E-state index contributed by atoms with van der Waals surface area (Å²) in [5, 5.41) is 0.324. The number of rotatable bonds is 3. The van der Waals surface area contributed by atoms with Gasteiger partial charge in [-0.15, -0.1) is 0 Å². The van der Waals surface area contributed by atoms with Crippen molar-refractivity contribution < 1.29 is 32.1 Å². The van der Waals surface area contributed by atoms with E-state index in [0.717, 1.165) is 12.3 Å². The third kappa shape index (κ3) is 2.48. The first-order valence-corrected chi connectivity index (χ1v) is 8.60. The van der Waals surface area contributed by atoms with Crippen LogP contribution >= 0.6 is 0 Å². The van der Waals surface area contributed by atoms with Crippen LogP contribution in [0.3, 0.4) is 0 Å². The number of sulfone groups is 1. The van der Waals surface area contributed by atoms with Gasteiger partial charge in [0.1, 0.15) is 10.7 Å². The van der Waals surface area contributed by atoms with Gasteiger partial charge in [0.05, 0.1) is 11.1 Å². The van der Waals surface area contributed by atoms with E-state index in [1.54, 1.807) is 12.1 Å². The SMILES string of the molecule is Cc1oc(C(=O)ON2C(=O)c3ccccc3C2=O)cc1S(C)(=O)=O. The number of aryl methyl sites for hydroxylation is 1. The number of carbonyl (C=O) groups is 3. The van der Waals surface area contributed by atoms with Crippen LogP contribution in [0.15, 0.2) is 39.6 Å². The molecule has 2 aromatic rings. The van der Waals surface area contributed by atoms with Crippen molar-refractivity contribution in [3.8, 4) is 0 Å². The average molecular weight is 349 g/mol. The molecule has 2 heterocycles. The van der Waals surface area contributed by atoms with E-state index < -0.39 is 33.4 Å². The molecule has 0 N–H and O–H groups in total. The third-order valence-electron chi connectivity index (χ3n) is 3.40. The summed E-state index contributed by atoms with van der Waals surface area (Å²) in [6.45, 7) is 1.37. The summed E-state index contributed by atoms with van der Waals surface area (Å²) >= 11 is 0. The van der Waals surface area contributed by atoms with Crippen LogP contribution in [0.2, 0.25) is 0 Å². The molecule has 0 saturated heterocycles. The molecule has 124 valence electrons. The molecule has 2 amide bonds. The van der Waals surface area contributed by atoms with Crippen molar-refractivity contribution in [1.29, 1.82) is 0 Å². The Morgan fingerprint density at radius 3 is 2.12 bits per heavy atom. The number of imide groups is 1. The van der Waals surface area contributed by atoms with E-state index in [1.807, 2.05) is 0 Å². The minimum Gasteiger partial charge on any atom is -0.453 e. The smallest absolute Gasteiger partial charge is 0.399 e. The maximum atomic E-state index is 12.1. The van der Waals surface area contributed by atoms with Crippen LogP contribution in [-0.4, -0.2) is 37.5 Å². The number of hydroxylamine groups is 2. The van der Waals surface area contributed by atoms with Gasteiger partial charge in [-0.25, -0.2) is 13.2 Å². The van der Waals surface area contributed by atoms with E-state index >= 15 is 0 Å².